The number of rotatable bonds is 5. The molecule has 0 radical (unpaired) electrons. The molecular formula is C12H22N2O. The van der Waals surface area contributed by atoms with Crippen molar-refractivity contribution in [2.24, 2.45) is 5.92 Å². The van der Waals surface area contributed by atoms with Crippen LogP contribution in [0, 0.1) is 5.92 Å². The van der Waals surface area contributed by atoms with E-state index in [0.717, 1.165) is 39.0 Å². The third kappa shape index (κ3) is 4.98. The molecule has 1 N–H and O–H groups in total. The zero-order valence-corrected chi connectivity index (χ0v) is 9.83. The molecule has 0 aromatic heterocycles. The molecule has 1 rings (SSSR count). The summed E-state index contributed by atoms with van der Waals surface area (Å²) in [6.07, 6.45) is 5.93. The molecule has 3 heteroatoms. The number of nitrogens with one attached hydrogen (secondary N) is 1. The molecule has 0 bridgehead atoms. The van der Waals surface area contributed by atoms with Crippen LogP contribution in [-0.4, -0.2) is 37.0 Å². The Kier molecular flexibility index (Phi) is 5.40. The van der Waals surface area contributed by atoms with Gasteiger partial charge in [-0.3, -0.25) is 4.79 Å². The Morgan fingerprint density at radius 1 is 1.40 bits per heavy atom. The van der Waals surface area contributed by atoms with Crippen LogP contribution in [0.15, 0.2) is 12.2 Å². The molecule has 3 nitrogen and oxygen atoms in total. The molecule has 0 unspecified atom stereocenters. The maximum atomic E-state index is 11.6. The van der Waals surface area contributed by atoms with Crippen LogP contribution in [0.3, 0.4) is 0 Å². The Morgan fingerprint density at radius 2 is 2.07 bits per heavy atom. The van der Waals surface area contributed by atoms with Gasteiger partial charge in [0.1, 0.15) is 0 Å². The molecule has 1 heterocycles. The lowest BCUT2D eigenvalue weighted by Crippen LogP contribution is -2.26. The van der Waals surface area contributed by atoms with Gasteiger partial charge in [-0.05, 0) is 25.3 Å². The summed E-state index contributed by atoms with van der Waals surface area (Å²) < 4.78 is 0. The van der Waals surface area contributed by atoms with Crippen molar-refractivity contribution in [2.75, 3.05) is 26.2 Å². The SMILES string of the molecule is CC(C)CNC/C=C/C(=O)N1CCCC1. The van der Waals surface area contributed by atoms with Crippen LogP contribution >= 0.6 is 0 Å². The van der Waals surface area contributed by atoms with E-state index in [9.17, 15) is 4.79 Å². The van der Waals surface area contributed by atoms with E-state index < -0.39 is 0 Å². The third-order valence-electron chi connectivity index (χ3n) is 2.49. The average Bonchev–Trinajstić information content (AvgIpc) is 2.69. The Balaban J connectivity index is 2.11. The number of hydrogen-bond acceptors (Lipinski definition) is 2. The number of hydrogen-bond donors (Lipinski definition) is 1. The van der Waals surface area contributed by atoms with Gasteiger partial charge in [0.25, 0.3) is 0 Å². The highest BCUT2D eigenvalue weighted by molar-refractivity contribution is 5.87. The van der Waals surface area contributed by atoms with Crippen molar-refractivity contribution in [1.29, 1.82) is 0 Å². The van der Waals surface area contributed by atoms with Gasteiger partial charge in [0.05, 0.1) is 0 Å². The lowest BCUT2D eigenvalue weighted by molar-refractivity contribution is -0.125. The number of carbonyl (C=O) groups is 1. The summed E-state index contributed by atoms with van der Waals surface area (Å²) in [7, 11) is 0. The van der Waals surface area contributed by atoms with Crippen molar-refractivity contribution in [1.82, 2.24) is 10.2 Å². The predicted molar refractivity (Wildman–Crippen MR) is 62.7 cm³/mol. The Bertz CT molecular complexity index is 218. The van der Waals surface area contributed by atoms with Crippen LogP contribution < -0.4 is 5.32 Å². The van der Waals surface area contributed by atoms with E-state index in [1.807, 2.05) is 11.0 Å². The fraction of sp³-hybridized carbons (Fsp3) is 0.750. The second kappa shape index (κ2) is 6.62. The fourth-order valence-corrected chi connectivity index (χ4v) is 1.66. The molecule has 86 valence electrons. The van der Waals surface area contributed by atoms with Crippen molar-refractivity contribution < 1.29 is 4.79 Å². The van der Waals surface area contributed by atoms with Crippen LogP contribution in [0.1, 0.15) is 26.7 Å². The van der Waals surface area contributed by atoms with Gasteiger partial charge in [0.15, 0.2) is 0 Å². The van der Waals surface area contributed by atoms with E-state index in [2.05, 4.69) is 19.2 Å². The number of amides is 1. The van der Waals surface area contributed by atoms with Gasteiger partial charge < -0.3 is 10.2 Å². The quantitative estimate of drug-likeness (QED) is 0.549. The number of nitrogens with zero attached hydrogens (tertiary/aromatic N) is 1. The molecular weight excluding hydrogens is 188 g/mol. The summed E-state index contributed by atoms with van der Waals surface area (Å²) in [6, 6.07) is 0. The number of likely N-dealkylation sites (tertiary alicyclic amines) is 1. The first-order valence-electron chi connectivity index (χ1n) is 5.86. The minimum atomic E-state index is 0.166. The largest absolute Gasteiger partial charge is 0.339 e. The highest BCUT2D eigenvalue weighted by Crippen LogP contribution is 2.07. The van der Waals surface area contributed by atoms with Crippen LogP contribution in [0.5, 0.6) is 0 Å². The van der Waals surface area contributed by atoms with Crippen LogP contribution in [0.4, 0.5) is 0 Å². The van der Waals surface area contributed by atoms with Crippen molar-refractivity contribution in [2.45, 2.75) is 26.7 Å². The summed E-state index contributed by atoms with van der Waals surface area (Å²) in [4.78, 5) is 13.5. The lowest BCUT2D eigenvalue weighted by Gasteiger charge is -2.11. The second-order valence-electron chi connectivity index (χ2n) is 4.49. The second-order valence-corrected chi connectivity index (χ2v) is 4.49. The molecule has 0 aromatic rings. The van der Waals surface area contributed by atoms with Gasteiger partial charge in [-0.15, -0.1) is 0 Å². The summed E-state index contributed by atoms with van der Waals surface area (Å²) >= 11 is 0. The maximum absolute atomic E-state index is 11.6. The van der Waals surface area contributed by atoms with Gasteiger partial charge >= 0.3 is 0 Å². The smallest absolute Gasteiger partial charge is 0.246 e. The topological polar surface area (TPSA) is 32.3 Å². The average molecular weight is 210 g/mol. The van der Waals surface area contributed by atoms with Crippen molar-refractivity contribution in [3.8, 4) is 0 Å². The molecule has 0 saturated carbocycles. The zero-order valence-electron chi connectivity index (χ0n) is 9.83. The van der Waals surface area contributed by atoms with Gasteiger partial charge in [-0.1, -0.05) is 19.9 Å². The van der Waals surface area contributed by atoms with E-state index >= 15 is 0 Å². The summed E-state index contributed by atoms with van der Waals surface area (Å²) in [6.45, 7) is 8.00. The van der Waals surface area contributed by atoms with Crippen molar-refractivity contribution >= 4 is 5.91 Å². The molecule has 1 aliphatic rings. The van der Waals surface area contributed by atoms with Crippen molar-refractivity contribution in [3.05, 3.63) is 12.2 Å². The Morgan fingerprint density at radius 3 is 2.67 bits per heavy atom. The Labute approximate surface area is 92.5 Å². The van der Waals surface area contributed by atoms with Gasteiger partial charge in [0.2, 0.25) is 5.91 Å². The van der Waals surface area contributed by atoms with E-state index in [1.165, 1.54) is 0 Å². The lowest BCUT2D eigenvalue weighted by atomic mass is 10.2. The normalized spacial score (nSPS) is 16.9. The summed E-state index contributed by atoms with van der Waals surface area (Å²) in [5.74, 6) is 0.825. The van der Waals surface area contributed by atoms with Gasteiger partial charge in [-0.2, -0.15) is 0 Å². The Hall–Kier alpha value is -0.830. The third-order valence-corrected chi connectivity index (χ3v) is 2.49. The molecule has 0 aromatic carbocycles. The first kappa shape index (κ1) is 12.2. The van der Waals surface area contributed by atoms with Crippen LogP contribution in [-0.2, 0) is 4.79 Å². The minimum Gasteiger partial charge on any atom is -0.339 e. The molecule has 0 aliphatic carbocycles. The van der Waals surface area contributed by atoms with E-state index in [-0.39, 0.29) is 5.91 Å². The van der Waals surface area contributed by atoms with Crippen molar-refractivity contribution in [3.63, 3.8) is 0 Å². The van der Waals surface area contributed by atoms with Crippen LogP contribution in [0.2, 0.25) is 0 Å². The molecule has 1 fully saturated rings. The van der Waals surface area contributed by atoms with Crippen LogP contribution in [0.25, 0.3) is 0 Å². The molecule has 1 aliphatic heterocycles. The molecule has 1 amide bonds. The maximum Gasteiger partial charge on any atom is 0.246 e. The minimum absolute atomic E-state index is 0.166. The molecule has 1 saturated heterocycles. The standard InChI is InChI=1S/C12H22N2O/c1-11(2)10-13-7-5-6-12(15)14-8-3-4-9-14/h5-6,11,13H,3-4,7-10H2,1-2H3/b6-5+. The monoisotopic (exact) mass is 210 g/mol. The predicted octanol–water partition coefficient (Wildman–Crippen LogP) is 1.41. The summed E-state index contributed by atoms with van der Waals surface area (Å²) in [5.41, 5.74) is 0. The van der Waals surface area contributed by atoms with E-state index in [1.54, 1.807) is 6.08 Å². The van der Waals surface area contributed by atoms with Gasteiger partial charge in [-0.25, -0.2) is 0 Å². The van der Waals surface area contributed by atoms with Gasteiger partial charge in [0, 0.05) is 25.7 Å². The molecule has 15 heavy (non-hydrogen) atoms. The molecule has 0 atom stereocenters. The van der Waals surface area contributed by atoms with E-state index in [0.29, 0.717) is 5.92 Å². The zero-order chi connectivity index (χ0) is 11.1. The number of carbonyl (C=O) groups excluding carboxylic acids is 1. The first-order chi connectivity index (χ1) is 7.20. The summed E-state index contributed by atoms with van der Waals surface area (Å²) in [5, 5.41) is 3.27. The highest BCUT2D eigenvalue weighted by Gasteiger charge is 2.14. The fourth-order valence-electron chi connectivity index (χ4n) is 1.66. The molecule has 0 spiro atoms. The first-order valence-corrected chi connectivity index (χ1v) is 5.86. The van der Waals surface area contributed by atoms with E-state index in [4.69, 9.17) is 0 Å². The highest BCUT2D eigenvalue weighted by atomic mass is 16.2.